The summed E-state index contributed by atoms with van der Waals surface area (Å²) in [5.41, 5.74) is 0. The van der Waals surface area contributed by atoms with E-state index in [1.165, 1.54) is 6.92 Å². The van der Waals surface area contributed by atoms with Crippen molar-refractivity contribution in [3.8, 4) is 0 Å². The van der Waals surface area contributed by atoms with Gasteiger partial charge in [-0.15, -0.1) is 0 Å². The van der Waals surface area contributed by atoms with Crippen LogP contribution in [0.2, 0.25) is 8.43 Å². The Morgan fingerprint density at radius 1 is 1.64 bits per heavy atom. The summed E-state index contributed by atoms with van der Waals surface area (Å²) in [6.45, 7) is 5.13. The normalized spacial score (nSPS) is 14.3. The number of ether oxygens (including phenoxy) is 1. The van der Waals surface area contributed by atoms with Gasteiger partial charge in [0.25, 0.3) is 0 Å². The van der Waals surface area contributed by atoms with Crippen LogP contribution in [-0.4, -0.2) is 38.3 Å². The Kier molecular flexibility index (Phi) is 4.38. The van der Waals surface area contributed by atoms with Crippen LogP contribution in [0.15, 0.2) is 0 Å². The first kappa shape index (κ1) is 11.2. The zero-order valence-corrected chi connectivity index (χ0v) is 9.58. The van der Waals surface area contributed by atoms with Gasteiger partial charge in [-0.25, -0.2) is 0 Å². The van der Waals surface area contributed by atoms with Crippen molar-refractivity contribution in [1.29, 1.82) is 0 Å². The number of esters is 1. The number of rotatable bonds is 3. The Labute approximate surface area is 77.2 Å². The van der Waals surface area contributed by atoms with Gasteiger partial charge in [-0.05, 0) is 0 Å². The Balaban J connectivity index is 4.02. The molecule has 1 unspecified atom stereocenters. The van der Waals surface area contributed by atoms with E-state index in [2.05, 4.69) is 4.74 Å². The van der Waals surface area contributed by atoms with Gasteiger partial charge in [0.05, 0.1) is 0 Å². The summed E-state index contributed by atoms with van der Waals surface area (Å²) in [4.78, 5) is 13.2. The summed E-state index contributed by atoms with van der Waals surface area (Å²) < 4.78 is 4.30. The molecule has 0 bridgehead atoms. The molecule has 0 aliphatic carbocycles. The van der Waals surface area contributed by atoms with E-state index >= 15 is 0 Å². The zero-order valence-electron chi connectivity index (χ0n) is 7.25. The van der Waals surface area contributed by atoms with E-state index in [1.807, 2.05) is 18.8 Å². The molecule has 0 spiro atoms. The van der Waals surface area contributed by atoms with Crippen LogP contribution in [0.1, 0.15) is 20.8 Å². The van der Waals surface area contributed by atoms with Gasteiger partial charge in [0, 0.05) is 0 Å². The topological polar surface area (TPSA) is 46.5 Å². The maximum atomic E-state index is 11.2. The van der Waals surface area contributed by atoms with Gasteiger partial charge < -0.3 is 0 Å². The summed E-state index contributed by atoms with van der Waals surface area (Å²) in [5, 5.41) is 8.75. The summed E-state index contributed by atoms with van der Waals surface area (Å²) >= 11 is -0.361. The van der Waals surface area contributed by atoms with Crippen LogP contribution in [0.3, 0.4) is 0 Å². The fourth-order valence-corrected chi connectivity index (χ4v) is 0.993. The van der Waals surface area contributed by atoms with E-state index in [9.17, 15) is 4.79 Å². The molecule has 0 radical (unpaired) electrons. The van der Waals surface area contributed by atoms with Crippen LogP contribution in [-0.2, 0) is 9.53 Å². The predicted molar refractivity (Wildman–Crippen MR) is 43.4 cm³/mol. The van der Waals surface area contributed by atoms with E-state index in [4.69, 9.17) is 5.11 Å². The predicted octanol–water partition coefficient (Wildman–Crippen LogP) is 0.819. The third-order valence-electron chi connectivity index (χ3n) is 1.28. The van der Waals surface area contributed by atoms with E-state index < -0.39 is 6.29 Å². The number of hydrogen-bond acceptors (Lipinski definition) is 3. The molecule has 0 aromatic rings. The molecule has 11 heavy (non-hydrogen) atoms. The molecule has 0 saturated heterocycles. The molecule has 0 aliphatic rings. The summed E-state index contributed by atoms with van der Waals surface area (Å²) in [6.07, 6.45) is -0.985. The van der Waals surface area contributed by atoms with Crippen molar-refractivity contribution in [2.45, 2.75) is 35.5 Å². The molecular formula is C7H14O3Te. The molecule has 3 nitrogen and oxygen atoms in total. The van der Waals surface area contributed by atoms with Crippen molar-refractivity contribution in [1.82, 2.24) is 0 Å². The molecule has 0 rings (SSSR count). The van der Waals surface area contributed by atoms with E-state index in [1.54, 1.807) is 0 Å². The Bertz CT molecular complexity index is 143. The molecule has 0 amide bonds. The van der Waals surface area contributed by atoms with Crippen LogP contribution < -0.4 is 0 Å². The molecule has 0 aromatic heterocycles. The number of carbonyl (C=O) groups is 1. The number of aliphatic hydroxyl groups excluding tert-OH is 1. The maximum absolute atomic E-state index is 11.2. The monoisotopic (exact) mass is 276 g/mol. The van der Waals surface area contributed by atoms with Crippen LogP contribution in [0.5, 0.6) is 0 Å². The van der Waals surface area contributed by atoms with Gasteiger partial charge in [0.15, 0.2) is 0 Å². The number of aliphatic hydroxyl groups is 1. The number of hydrogen-bond donors (Lipinski definition) is 1. The standard InChI is InChI=1S/C7H14O3Te/c1-5(8)10-6(9)7(2,3)11-4/h5,8H,1-4H3. The van der Waals surface area contributed by atoms with E-state index in [-0.39, 0.29) is 30.4 Å². The van der Waals surface area contributed by atoms with Gasteiger partial charge >= 0.3 is 77.0 Å². The van der Waals surface area contributed by atoms with Gasteiger partial charge in [-0.2, -0.15) is 0 Å². The second-order valence-electron chi connectivity index (χ2n) is 2.72. The van der Waals surface area contributed by atoms with Crippen molar-refractivity contribution in [2.24, 2.45) is 0 Å². The molecule has 66 valence electrons. The SMILES string of the molecule is C[Te]C(C)(C)C(=O)OC(C)O. The summed E-state index contributed by atoms with van der Waals surface area (Å²) in [7, 11) is 0. The Morgan fingerprint density at radius 3 is 2.36 bits per heavy atom. The summed E-state index contributed by atoms with van der Waals surface area (Å²) in [6, 6.07) is 0. The van der Waals surface area contributed by atoms with E-state index in [0.717, 1.165) is 0 Å². The van der Waals surface area contributed by atoms with Crippen LogP contribution in [0, 0.1) is 0 Å². The molecule has 0 saturated carbocycles. The number of carbonyl (C=O) groups excluding carboxylic acids is 1. The average molecular weight is 274 g/mol. The fourth-order valence-electron chi connectivity index (χ4n) is 0.380. The van der Waals surface area contributed by atoms with Gasteiger partial charge in [-0.1, -0.05) is 0 Å². The molecule has 0 fully saturated rings. The average Bonchev–Trinajstić information content (AvgIpc) is 1.86. The third-order valence-corrected chi connectivity index (χ3v) is 4.67. The Morgan fingerprint density at radius 2 is 2.09 bits per heavy atom. The second-order valence-corrected chi connectivity index (χ2v) is 6.80. The molecule has 0 aromatic carbocycles. The fraction of sp³-hybridized carbons (Fsp3) is 0.857. The first-order chi connectivity index (χ1) is 4.90. The van der Waals surface area contributed by atoms with Crippen molar-refractivity contribution in [3.63, 3.8) is 0 Å². The van der Waals surface area contributed by atoms with Crippen molar-refractivity contribution in [2.75, 3.05) is 0 Å². The molecule has 1 atom stereocenters. The molecule has 0 heterocycles. The van der Waals surface area contributed by atoms with Crippen molar-refractivity contribution < 1.29 is 14.6 Å². The van der Waals surface area contributed by atoms with E-state index in [0.29, 0.717) is 0 Å². The van der Waals surface area contributed by atoms with Crippen molar-refractivity contribution >= 4 is 26.9 Å². The van der Waals surface area contributed by atoms with Gasteiger partial charge in [-0.3, -0.25) is 0 Å². The Hall–Kier alpha value is 0.220. The van der Waals surface area contributed by atoms with Crippen LogP contribution in [0.25, 0.3) is 0 Å². The first-order valence-corrected chi connectivity index (χ1v) is 6.84. The molecular weight excluding hydrogens is 260 g/mol. The van der Waals surface area contributed by atoms with Crippen LogP contribution in [0.4, 0.5) is 0 Å². The minimum atomic E-state index is -0.985. The quantitative estimate of drug-likeness (QED) is 0.470. The summed E-state index contributed by atoms with van der Waals surface area (Å²) in [5.74, 6) is -0.294. The third kappa shape index (κ3) is 3.95. The first-order valence-electron chi connectivity index (χ1n) is 3.34. The van der Waals surface area contributed by atoms with Crippen molar-refractivity contribution in [3.05, 3.63) is 0 Å². The minimum absolute atomic E-state index is 0.294. The molecule has 0 aliphatic heterocycles. The van der Waals surface area contributed by atoms with Gasteiger partial charge in [0.2, 0.25) is 0 Å². The van der Waals surface area contributed by atoms with Crippen LogP contribution >= 0.6 is 0 Å². The molecule has 1 N–H and O–H groups in total. The zero-order chi connectivity index (χ0) is 9.07. The van der Waals surface area contributed by atoms with Gasteiger partial charge in [0.1, 0.15) is 0 Å². The molecule has 4 heteroatoms. The second kappa shape index (κ2) is 4.30.